The average Bonchev–Trinajstić information content (AvgIpc) is 3.74. The first-order chi connectivity index (χ1) is 21.8. The van der Waals surface area contributed by atoms with Crippen LogP contribution in [0.25, 0.3) is 0 Å². The van der Waals surface area contributed by atoms with Crippen LogP contribution in [0, 0.1) is 0 Å². The first kappa shape index (κ1) is 31.6. The predicted molar refractivity (Wildman–Crippen MR) is 170 cm³/mol. The standard InChI is InChI=1S/C28H26N4O6S2.C3H4N2/c33-21(29-19-7-3-1-4-8-19)14-31-12-11-17(25(31)35)13-18-15-40-27-23(26(36)32(27)24(18)28(37)38)30-22(34)16-39-20-9-5-2-6-10-20;1-2-5-3-4-1/h1-10,13,23,27H,11-12,14-16H2,(H,29,33)(H,30,34)(H,37,38);1-3H,(H,4,5)/b17-13+;/t23-,27-;/m1./s1. The van der Waals surface area contributed by atoms with Crippen LogP contribution in [-0.4, -0.2) is 90.5 Å². The van der Waals surface area contributed by atoms with Gasteiger partial charge in [0.2, 0.25) is 17.7 Å². The van der Waals surface area contributed by atoms with Gasteiger partial charge in [0, 0.05) is 40.8 Å². The van der Waals surface area contributed by atoms with Crippen molar-refractivity contribution in [3.05, 3.63) is 102 Å². The fourth-order valence-corrected chi connectivity index (χ4v) is 6.94. The Morgan fingerprint density at radius 3 is 2.44 bits per heavy atom. The number of carbonyl (C=O) groups excluding carboxylic acids is 4. The van der Waals surface area contributed by atoms with Gasteiger partial charge in [-0.3, -0.25) is 24.1 Å². The summed E-state index contributed by atoms with van der Waals surface area (Å²) in [5.41, 5.74) is 1.18. The van der Waals surface area contributed by atoms with Crippen LogP contribution in [0.2, 0.25) is 0 Å². The maximum absolute atomic E-state index is 13.0. The Kier molecular flexibility index (Phi) is 10.4. The van der Waals surface area contributed by atoms with Crippen LogP contribution in [-0.2, 0) is 24.0 Å². The van der Waals surface area contributed by atoms with Crippen molar-refractivity contribution >= 4 is 58.8 Å². The molecule has 3 aliphatic heterocycles. The van der Waals surface area contributed by atoms with Gasteiger partial charge in [-0.15, -0.1) is 23.5 Å². The lowest BCUT2D eigenvalue weighted by molar-refractivity contribution is -0.150. The maximum atomic E-state index is 13.0. The number of carboxylic acids is 1. The number of carboxylic acid groups (broad SMARTS) is 1. The highest BCUT2D eigenvalue weighted by molar-refractivity contribution is 8.00. The molecular formula is C31H30N6O6S2. The van der Waals surface area contributed by atoms with E-state index < -0.39 is 23.3 Å². The zero-order valence-corrected chi connectivity index (χ0v) is 25.6. The number of aromatic nitrogens is 2. The minimum Gasteiger partial charge on any atom is -0.477 e. The number of nitrogens with one attached hydrogen (secondary N) is 3. The van der Waals surface area contributed by atoms with Crippen LogP contribution in [0.1, 0.15) is 6.42 Å². The number of amides is 4. The van der Waals surface area contributed by atoms with E-state index in [2.05, 4.69) is 20.6 Å². The Morgan fingerprint density at radius 1 is 1.07 bits per heavy atom. The molecule has 232 valence electrons. The highest BCUT2D eigenvalue weighted by Crippen LogP contribution is 2.41. The molecule has 14 heteroatoms. The summed E-state index contributed by atoms with van der Waals surface area (Å²) in [5.74, 6) is -2.38. The number of rotatable bonds is 9. The van der Waals surface area contributed by atoms with E-state index in [1.807, 2.05) is 36.4 Å². The smallest absolute Gasteiger partial charge is 0.352 e. The highest BCUT2D eigenvalue weighted by Gasteiger charge is 2.54. The van der Waals surface area contributed by atoms with Crippen molar-refractivity contribution < 1.29 is 29.1 Å². The van der Waals surface area contributed by atoms with Gasteiger partial charge < -0.3 is 25.6 Å². The average molecular weight is 647 g/mol. The number of aliphatic carboxylic acids is 1. The quantitative estimate of drug-likeness (QED) is 0.155. The van der Waals surface area contributed by atoms with E-state index in [0.717, 1.165) is 4.90 Å². The number of imidazole rings is 1. The summed E-state index contributed by atoms with van der Waals surface area (Å²) in [6.45, 7) is 0.206. The molecule has 4 N–H and O–H groups in total. The summed E-state index contributed by atoms with van der Waals surface area (Å²) in [4.78, 5) is 72.9. The number of para-hydroxylation sites is 1. The van der Waals surface area contributed by atoms with Gasteiger partial charge in [-0.2, -0.15) is 0 Å². The van der Waals surface area contributed by atoms with Crippen LogP contribution in [0.15, 0.2) is 107 Å². The Balaban J connectivity index is 0.000000729. The van der Waals surface area contributed by atoms with Crippen molar-refractivity contribution in [2.24, 2.45) is 0 Å². The number of hydrogen-bond donors (Lipinski definition) is 4. The zero-order chi connectivity index (χ0) is 31.8. The number of aromatic amines is 1. The minimum absolute atomic E-state index is 0.124. The lowest BCUT2D eigenvalue weighted by Crippen LogP contribution is -2.70. The second-order valence-corrected chi connectivity index (χ2v) is 12.2. The summed E-state index contributed by atoms with van der Waals surface area (Å²) in [5, 5.41) is 14.9. The molecule has 1 aromatic heterocycles. The van der Waals surface area contributed by atoms with Crippen LogP contribution in [0.5, 0.6) is 0 Å². The largest absolute Gasteiger partial charge is 0.477 e. The second-order valence-electron chi connectivity index (χ2n) is 10.1. The van der Waals surface area contributed by atoms with E-state index in [1.54, 1.807) is 43.0 Å². The fourth-order valence-electron chi connectivity index (χ4n) is 4.91. The van der Waals surface area contributed by atoms with Crippen LogP contribution in [0.3, 0.4) is 0 Å². The lowest BCUT2D eigenvalue weighted by atomic mass is 10.0. The lowest BCUT2D eigenvalue weighted by Gasteiger charge is -2.49. The summed E-state index contributed by atoms with van der Waals surface area (Å²) in [6, 6.07) is 17.5. The van der Waals surface area contributed by atoms with Gasteiger partial charge >= 0.3 is 5.97 Å². The Morgan fingerprint density at radius 2 is 1.80 bits per heavy atom. The van der Waals surface area contributed by atoms with Gasteiger partial charge in [0.05, 0.1) is 12.1 Å². The van der Waals surface area contributed by atoms with Gasteiger partial charge in [0.15, 0.2) is 0 Å². The summed E-state index contributed by atoms with van der Waals surface area (Å²) < 4.78 is 0. The second kappa shape index (κ2) is 14.8. The van der Waals surface area contributed by atoms with Crippen LogP contribution >= 0.6 is 23.5 Å². The molecule has 0 spiro atoms. The SMILES string of the molecule is O=C(CN1CC/C(=C\C2=C(C(=O)O)N3C(=O)[C@@H](NC(=O)CSc4ccccc4)[C@H]3SC2)C1=O)Nc1ccccc1.c1c[nH]cn1. The number of fused-ring (bicyclic) bond motifs is 1. The van der Waals surface area contributed by atoms with Crippen molar-refractivity contribution in [2.75, 3.05) is 29.9 Å². The summed E-state index contributed by atoms with van der Waals surface area (Å²) >= 11 is 2.68. The molecule has 0 saturated carbocycles. The van der Waals surface area contributed by atoms with Crippen molar-refractivity contribution in [1.82, 2.24) is 25.1 Å². The monoisotopic (exact) mass is 646 g/mol. The molecule has 3 aliphatic rings. The third-order valence-corrected chi connectivity index (χ3v) is 9.30. The first-order valence-electron chi connectivity index (χ1n) is 14.0. The third kappa shape index (κ3) is 7.83. The van der Waals surface area contributed by atoms with Crippen molar-refractivity contribution in [1.29, 1.82) is 0 Å². The number of allylic oxidation sites excluding steroid dienone is 1. The number of benzene rings is 2. The molecule has 45 heavy (non-hydrogen) atoms. The third-order valence-electron chi connectivity index (χ3n) is 6.99. The molecule has 0 bridgehead atoms. The van der Waals surface area contributed by atoms with Gasteiger partial charge in [0.1, 0.15) is 23.7 Å². The van der Waals surface area contributed by atoms with Gasteiger partial charge in [-0.05, 0) is 42.3 Å². The minimum atomic E-state index is -1.28. The molecule has 4 amide bonds. The normalized spacial score (nSPS) is 19.8. The zero-order valence-electron chi connectivity index (χ0n) is 23.9. The molecule has 0 aliphatic carbocycles. The number of carbonyl (C=O) groups is 5. The predicted octanol–water partition coefficient (Wildman–Crippen LogP) is 2.72. The first-order valence-corrected chi connectivity index (χ1v) is 16.0. The molecular weight excluding hydrogens is 617 g/mol. The van der Waals surface area contributed by atoms with E-state index >= 15 is 0 Å². The molecule has 2 aromatic carbocycles. The van der Waals surface area contributed by atoms with E-state index in [0.29, 0.717) is 29.8 Å². The highest BCUT2D eigenvalue weighted by atomic mass is 32.2. The molecule has 12 nitrogen and oxygen atoms in total. The van der Waals surface area contributed by atoms with E-state index in [9.17, 15) is 29.1 Å². The molecule has 0 unspecified atom stereocenters. The number of anilines is 1. The van der Waals surface area contributed by atoms with Gasteiger partial charge in [-0.1, -0.05) is 36.4 Å². The van der Waals surface area contributed by atoms with E-state index in [-0.39, 0.29) is 41.5 Å². The number of H-pyrrole nitrogens is 1. The van der Waals surface area contributed by atoms with Crippen LogP contribution < -0.4 is 10.6 Å². The molecule has 3 aromatic rings. The molecule has 0 radical (unpaired) electrons. The Bertz CT molecular complexity index is 1600. The van der Waals surface area contributed by atoms with Crippen LogP contribution in [0.4, 0.5) is 5.69 Å². The van der Waals surface area contributed by atoms with E-state index in [4.69, 9.17) is 0 Å². The Hall–Kier alpha value is -4.82. The van der Waals surface area contributed by atoms with Crippen molar-refractivity contribution in [3.63, 3.8) is 0 Å². The Labute approximate surface area is 267 Å². The molecule has 6 rings (SSSR count). The van der Waals surface area contributed by atoms with Crippen molar-refractivity contribution in [3.8, 4) is 0 Å². The van der Waals surface area contributed by atoms with Gasteiger partial charge in [-0.25, -0.2) is 9.78 Å². The molecule has 2 atom stereocenters. The van der Waals surface area contributed by atoms with Crippen molar-refractivity contribution in [2.45, 2.75) is 22.7 Å². The number of hydrogen-bond acceptors (Lipinski definition) is 8. The van der Waals surface area contributed by atoms with Gasteiger partial charge in [0.25, 0.3) is 5.91 Å². The molecule has 2 saturated heterocycles. The topological polar surface area (TPSA) is 165 Å². The summed E-state index contributed by atoms with van der Waals surface area (Å²) in [6.07, 6.45) is 6.97. The molecule has 4 heterocycles. The number of thioether (sulfide) groups is 2. The number of nitrogens with zero attached hydrogens (tertiary/aromatic N) is 3. The van der Waals surface area contributed by atoms with E-state index in [1.165, 1.54) is 39.4 Å². The number of β-lactam (4-membered cyclic amide) rings is 1. The fraction of sp³-hybridized carbons (Fsp3) is 0.226. The summed E-state index contributed by atoms with van der Waals surface area (Å²) in [7, 11) is 0. The molecule has 2 fully saturated rings. The number of likely N-dealkylation sites (tertiary alicyclic amines) is 1. The maximum Gasteiger partial charge on any atom is 0.352 e.